The molecule has 2 saturated heterocycles. The standard InChI is InChI=1S/C17H22N6O2/c1-12-14(15-18-5-2-7-23(15)20-12)16(24)21-8-3-13(4-9-21)11-22-10-6-19-17(22)25/h2,5,7,13H,3-4,6,8-11H2,1H3,(H,19,25). The Morgan fingerprint density at radius 3 is 2.84 bits per heavy atom. The van der Waals surface area contributed by atoms with E-state index in [0.29, 0.717) is 35.9 Å². The first-order chi connectivity index (χ1) is 12.1. The van der Waals surface area contributed by atoms with E-state index in [1.807, 2.05) is 16.7 Å². The smallest absolute Gasteiger partial charge is 0.317 e. The minimum atomic E-state index is 0.00330. The van der Waals surface area contributed by atoms with Crippen molar-refractivity contribution in [2.45, 2.75) is 19.8 Å². The van der Waals surface area contributed by atoms with Gasteiger partial charge in [-0.15, -0.1) is 0 Å². The quantitative estimate of drug-likeness (QED) is 0.899. The molecule has 4 rings (SSSR count). The minimum absolute atomic E-state index is 0.00330. The molecule has 8 nitrogen and oxygen atoms in total. The molecule has 2 aliphatic heterocycles. The highest BCUT2D eigenvalue weighted by Gasteiger charge is 2.30. The SMILES string of the molecule is Cc1nn2cccnc2c1C(=O)N1CCC(CN2CCNC2=O)CC1. The van der Waals surface area contributed by atoms with Crippen LogP contribution in [-0.2, 0) is 0 Å². The Kier molecular flexibility index (Phi) is 4.03. The summed E-state index contributed by atoms with van der Waals surface area (Å²) in [5, 5.41) is 7.21. The zero-order valence-electron chi connectivity index (χ0n) is 14.3. The topological polar surface area (TPSA) is 82.8 Å². The summed E-state index contributed by atoms with van der Waals surface area (Å²) >= 11 is 0. The van der Waals surface area contributed by atoms with Gasteiger partial charge in [-0.05, 0) is 31.7 Å². The molecule has 2 aromatic rings. The van der Waals surface area contributed by atoms with Gasteiger partial charge in [0.15, 0.2) is 5.65 Å². The van der Waals surface area contributed by atoms with Crippen molar-refractivity contribution in [1.82, 2.24) is 29.7 Å². The fourth-order valence-corrected chi connectivity index (χ4v) is 3.72. The number of rotatable bonds is 3. The van der Waals surface area contributed by atoms with Gasteiger partial charge in [0.05, 0.1) is 5.69 Å². The van der Waals surface area contributed by atoms with Gasteiger partial charge in [-0.1, -0.05) is 0 Å². The first kappa shape index (κ1) is 15.9. The number of fused-ring (bicyclic) bond motifs is 1. The van der Waals surface area contributed by atoms with Gasteiger partial charge < -0.3 is 15.1 Å². The Hall–Kier alpha value is -2.64. The molecule has 0 radical (unpaired) electrons. The van der Waals surface area contributed by atoms with Gasteiger partial charge in [0, 0.05) is 45.1 Å². The molecule has 4 heterocycles. The summed E-state index contributed by atoms with van der Waals surface area (Å²) in [7, 11) is 0. The maximum Gasteiger partial charge on any atom is 0.317 e. The Morgan fingerprint density at radius 1 is 1.32 bits per heavy atom. The number of aromatic nitrogens is 3. The van der Waals surface area contributed by atoms with Gasteiger partial charge in [0.25, 0.3) is 5.91 Å². The first-order valence-electron chi connectivity index (χ1n) is 8.75. The Bertz CT molecular complexity index is 809. The highest BCUT2D eigenvalue weighted by Crippen LogP contribution is 2.23. The van der Waals surface area contributed by atoms with Gasteiger partial charge in [-0.2, -0.15) is 5.10 Å². The van der Waals surface area contributed by atoms with E-state index in [-0.39, 0.29) is 11.9 Å². The molecule has 0 atom stereocenters. The zero-order chi connectivity index (χ0) is 17.4. The van der Waals surface area contributed by atoms with Gasteiger partial charge >= 0.3 is 6.03 Å². The van der Waals surface area contributed by atoms with Crippen LogP contribution in [0.2, 0.25) is 0 Å². The number of piperidine rings is 1. The second kappa shape index (κ2) is 6.34. The van der Waals surface area contributed by atoms with Crippen molar-refractivity contribution in [2.75, 3.05) is 32.7 Å². The van der Waals surface area contributed by atoms with Gasteiger partial charge in [-0.25, -0.2) is 14.3 Å². The number of likely N-dealkylation sites (tertiary alicyclic amines) is 1. The van der Waals surface area contributed by atoms with Crippen LogP contribution in [0.1, 0.15) is 28.9 Å². The summed E-state index contributed by atoms with van der Waals surface area (Å²) in [6.07, 6.45) is 5.32. The van der Waals surface area contributed by atoms with Crippen molar-refractivity contribution in [3.8, 4) is 0 Å². The molecule has 0 aliphatic carbocycles. The van der Waals surface area contributed by atoms with Crippen molar-refractivity contribution < 1.29 is 9.59 Å². The lowest BCUT2D eigenvalue weighted by Crippen LogP contribution is -2.42. The summed E-state index contributed by atoms with van der Waals surface area (Å²) in [4.78, 5) is 32.7. The third kappa shape index (κ3) is 2.92. The molecular weight excluding hydrogens is 320 g/mol. The van der Waals surface area contributed by atoms with Crippen molar-refractivity contribution in [3.63, 3.8) is 0 Å². The number of hydrogen-bond acceptors (Lipinski definition) is 4. The summed E-state index contributed by atoms with van der Waals surface area (Å²) in [5.41, 5.74) is 1.92. The lowest BCUT2D eigenvalue weighted by Gasteiger charge is -2.33. The Labute approximate surface area is 145 Å². The van der Waals surface area contributed by atoms with E-state index in [4.69, 9.17) is 0 Å². The van der Waals surface area contributed by atoms with Crippen LogP contribution in [0.25, 0.3) is 5.65 Å². The van der Waals surface area contributed by atoms with Crippen molar-refractivity contribution in [3.05, 3.63) is 29.7 Å². The number of nitrogens with zero attached hydrogens (tertiary/aromatic N) is 5. The zero-order valence-corrected chi connectivity index (χ0v) is 14.3. The molecule has 2 aromatic heterocycles. The number of urea groups is 1. The monoisotopic (exact) mass is 342 g/mol. The van der Waals surface area contributed by atoms with Gasteiger partial charge in [0.1, 0.15) is 5.56 Å². The van der Waals surface area contributed by atoms with Crippen LogP contribution < -0.4 is 5.32 Å². The van der Waals surface area contributed by atoms with E-state index in [1.54, 1.807) is 23.0 Å². The molecule has 2 fully saturated rings. The third-order valence-electron chi connectivity index (χ3n) is 5.11. The average molecular weight is 342 g/mol. The van der Waals surface area contributed by atoms with Crippen LogP contribution >= 0.6 is 0 Å². The molecule has 0 spiro atoms. The molecular formula is C17H22N6O2. The summed E-state index contributed by atoms with van der Waals surface area (Å²) in [5.74, 6) is 0.458. The van der Waals surface area contributed by atoms with E-state index in [9.17, 15) is 9.59 Å². The fourth-order valence-electron chi connectivity index (χ4n) is 3.72. The molecule has 2 aliphatic rings. The largest absolute Gasteiger partial charge is 0.338 e. The Morgan fingerprint density at radius 2 is 2.12 bits per heavy atom. The lowest BCUT2D eigenvalue weighted by molar-refractivity contribution is 0.0678. The summed E-state index contributed by atoms with van der Waals surface area (Å²) < 4.78 is 1.65. The van der Waals surface area contributed by atoms with E-state index in [2.05, 4.69) is 15.4 Å². The highest BCUT2D eigenvalue weighted by molar-refractivity contribution is 6.01. The molecule has 0 aromatic carbocycles. The molecule has 0 unspecified atom stereocenters. The fraction of sp³-hybridized carbons (Fsp3) is 0.529. The van der Waals surface area contributed by atoms with Crippen molar-refractivity contribution in [1.29, 1.82) is 0 Å². The highest BCUT2D eigenvalue weighted by atomic mass is 16.2. The Balaban J connectivity index is 1.42. The van der Waals surface area contributed by atoms with Crippen LogP contribution in [-0.4, -0.2) is 69.1 Å². The summed E-state index contributed by atoms with van der Waals surface area (Å²) in [6.45, 7) is 5.57. The lowest BCUT2D eigenvalue weighted by atomic mass is 9.95. The number of carbonyl (C=O) groups is 2. The molecule has 8 heteroatoms. The van der Waals surface area contributed by atoms with Crippen LogP contribution in [0.15, 0.2) is 18.5 Å². The minimum Gasteiger partial charge on any atom is -0.338 e. The molecule has 25 heavy (non-hydrogen) atoms. The molecule has 3 amide bonds. The molecule has 132 valence electrons. The van der Waals surface area contributed by atoms with Crippen LogP contribution in [0.5, 0.6) is 0 Å². The second-order valence-corrected chi connectivity index (χ2v) is 6.76. The molecule has 1 N–H and O–H groups in total. The van der Waals surface area contributed by atoms with E-state index < -0.39 is 0 Å². The number of nitrogens with one attached hydrogen (secondary N) is 1. The first-order valence-corrected chi connectivity index (χ1v) is 8.75. The third-order valence-corrected chi connectivity index (χ3v) is 5.11. The van der Waals surface area contributed by atoms with Gasteiger partial charge in [0.2, 0.25) is 0 Å². The normalized spacial score (nSPS) is 18.8. The van der Waals surface area contributed by atoms with Crippen molar-refractivity contribution >= 4 is 17.6 Å². The molecule has 0 saturated carbocycles. The maximum absolute atomic E-state index is 13.0. The predicted octanol–water partition coefficient (Wildman–Crippen LogP) is 0.915. The van der Waals surface area contributed by atoms with Crippen LogP contribution in [0.4, 0.5) is 4.79 Å². The van der Waals surface area contributed by atoms with Crippen LogP contribution in [0, 0.1) is 12.8 Å². The number of carbonyl (C=O) groups excluding carboxylic acids is 2. The van der Waals surface area contributed by atoms with E-state index in [0.717, 1.165) is 32.5 Å². The average Bonchev–Trinajstić information content (AvgIpc) is 3.17. The second-order valence-electron chi connectivity index (χ2n) is 6.76. The van der Waals surface area contributed by atoms with Gasteiger partial charge in [-0.3, -0.25) is 4.79 Å². The summed E-state index contributed by atoms with van der Waals surface area (Å²) in [6, 6.07) is 1.83. The van der Waals surface area contributed by atoms with Crippen LogP contribution in [0.3, 0.4) is 0 Å². The van der Waals surface area contributed by atoms with E-state index >= 15 is 0 Å². The molecule has 0 bridgehead atoms. The number of aryl methyl sites for hydroxylation is 1. The number of amides is 3. The predicted molar refractivity (Wildman–Crippen MR) is 91.3 cm³/mol. The van der Waals surface area contributed by atoms with Crippen molar-refractivity contribution in [2.24, 2.45) is 5.92 Å². The maximum atomic E-state index is 13.0. The van der Waals surface area contributed by atoms with E-state index in [1.165, 1.54) is 0 Å². The number of hydrogen-bond donors (Lipinski definition) is 1.